The van der Waals surface area contributed by atoms with Crippen molar-refractivity contribution in [2.45, 2.75) is 0 Å². The quantitative estimate of drug-likeness (QED) is 0.206. The molecular weight excluding hydrogens is 548 g/mol. The second-order valence-corrected chi connectivity index (χ2v) is 11.8. The lowest BCUT2D eigenvalue weighted by Crippen LogP contribution is -1.97. The van der Waals surface area contributed by atoms with Crippen LogP contribution >= 0.6 is 0 Å². The summed E-state index contributed by atoms with van der Waals surface area (Å²) in [7, 11) is 0. The summed E-state index contributed by atoms with van der Waals surface area (Å²) in [5, 5.41) is 7.10. The van der Waals surface area contributed by atoms with Crippen molar-refractivity contribution in [1.82, 2.24) is 9.13 Å². The van der Waals surface area contributed by atoms with E-state index in [0.29, 0.717) is 0 Å². The van der Waals surface area contributed by atoms with E-state index in [4.69, 9.17) is 4.42 Å². The van der Waals surface area contributed by atoms with Crippen LogP contribution in [0, 0.1) is 0 Å². The Morgan fingerprint density at radius 1 is 0.356 bits per heavy atom. The summed E-state index contributed by atoms with van der Waals surface area (Å²) >= 11 is 0. The van der Waals surface area contributed by atoms with Crippen molar-refractivity contribution in [1.29, 1.82) is 0 Å². The van der Waals surface area contributed by atoms with Gasteiger partial charge in [-0.15, -0.1) is 0 Å². The Labute approximate surface area is 258 Å². The zero-order valence-electron chi connectivity index (χ0n) is 24.3. The van der Waals surface area contributed by atoms with Crippen molar-refractivity contribution in [3.05, 3.63) is 158 Å². The number of fused-ring (bicyclic) bond motifs is 10. The molecule has 0 saturated heterocycles. The van der Waals surface area contributed by atoms with E-state index in [-0.39, 0.29) is 0 Å². The Kier molecular flexibility index (Phi) is 5.00. The first-order valence-corrected chi connectivity index (χ1v) is 15.4. The summed E-state index contributed by atoms with van der Waals surface area (Å²) < 4.78 is 11.4. The maximum absolute atomic E-state index is 6.62. The Hall–Kier alpha value is -6.06. The SMILES string of the molecule is c1ccc(-c2cccc(-n3c4cc(-n5c6ccccc6c6ccccc65)ccc4c4c5oc6ccccc6c5ccc43)c2)cc1. The van der Waals surface area contributed by atoms with E-state index in [1.165, 1.54) is 38.3 Å². The van der Waals surface area contributed by atoms with Gasteiger partial charge in [0.15, 0.2) is 0 Å². The predicted octanol–water partition coefficient (Wildman–Crippen LogP) is 11.4. The van der Waals surface area contributed by atoms with Crippen molar-refractivity contribution in [2.75, 3.05) is 0 Å². The molecule has 0 N–H and O–H groups in total. The molecule has 0 unspecified atom stereocenters. The van der Waals surface area contributed by atoms with Crippen molar-refractivity contribution in [3.63, 3.8) is 0 Å². The van der Waals surface area contributed by atoms with E-state index in [1.54, 1.807) is 0 Å². The molecule has 3 aromatic heterocycles. The first-order chi connectivity index (χ1) is 22.3. The molecule has 3 nitrogen and oxygen atoms in total. The van der Waals surface area contributed by atoms with Crippen molar-refractivity contribution < 1.29 is 4.42 Å². The van der Waals surface area contributed by atoms with Gasteiger partial charge in [0, 0.05) is 38.3 Å². The minimum Gasteiger partial charge on any atom is -0.455 e. The zero-order chi connectivity index (χ0) is 29.5. The number of hydrogen-bond acceptors (Lipinski definition) is 1. The molecule has 0 amide bonds. The number of para-hydroxylation sites is 3. The Morgan fingerprint density at radius 3 is 1.78 bits per heavy atom. The number of aromatic nitrogens is 2. The molecule has 7 aromatic carbocycles. The molecule has 3 heterocycles. The lowest BCUT2D eigenvalue weighted by Gasteiger charge is -2.12. The third kappa shape index (κ3) is 3.46. The summed E-state index contributed by atoms with van der Waals surface area (Å²) in [6.45, 7) is 0. The molecule has 0 atom stereocenters. The van der Waals surface area contributed by atoms with Crippen LogP contribution in [0.4, 0.5) is 0 Å². The number of benzene rings is 7. The van der Waals surface area contributed by atoms with Crippen molar-refractivity contribution in [2.24, 2.45) is 0 Å². The molecule has 0 saturated carbocycles. The predicted molar refractivity (Wildman–Crippen MR) is 188 cm³/mol. The Bertz CT molecular complexity index is 2710. The van der Waals surface area contributed by atoms with E-state index < -0.39 is 0 Å². The van der Waals surface area contributed by atoms with Gasteiger partial charge in [0.2, 0.25) is 0 Å². The normalized spacial score (nSPS) is 12.0. The average Bonchev–Trinajstić information content (AvgIpc) is 3.76. The second kappa shape index (κ2) is 9.22. The molecule has 0 bridgehead atoms. The van der Waals surface area contributed by atoms with Crippen LogP contribution in [-0.2, 0) is 0 Å². The van der Waals surface area contributed by atoms with Gasteiger partial charge in [-0.05, 0) is 71.8 Å². The molecule has 10 rings (SSSR count). The van der Waals surface area contributed by atoms with Crippen LogP contribution in [0.5, 0.6) is 0 Å². The van der Waals surface area contributed by atoms with Crippen LogP contribution < -0.4 is 0 Å². The maximum atomic E-state index is 6.62. The van der Waals surface area contributed by atoms with E-state index in [1.807, 2.05) is 6.07 Å². The molecular formula is C42H26N2O. The average molecular weight is 575 g/mol. The Balaban J connectivity index is 1.33. The number of nitrogens with zero attached hydrogens (tertiary/aromatic N) is 2. The molecule has 0 aliphatic carbocycles. The van der Waals surface area contributed by atoms with Crippen molar-refractivity contribution >= 4 is 65.6 Å². The number of furan rings is 1. The standard InChI is InChI=1S/C42H26N2O/c1-2-11-27(12-3-1)28-13-10-14-29(25-28)44-38-24-23-34-33-17-6-9-20-40(33)45-42(34)41(38)35-22-21-30(26-39(35)44)43-36-18-7-4-15-31(36)32-16-5-8-19-37(32)43/h1-26H. The van der Waals surface area contributed by atoms with E-state index in [9.17, 15) is 0 Å². The van der Waals surface area contributed by atoms with Crippen LogP contribution in [0.1, 0.15) is 0 Å². The smallest absolute Gasteiger partial charge is 0.145 e. The molecule has 0 aliphatic rings. The highest BCUT2D eigenvalue weighted by Gasteiger charge is 2.20. The van der Waals surface area contributed by atoms with Crippen LogP contribution in [0.15, 0.2) is 162 Å². The first-order valence-electron chi connectivity index (χ1n) is 15.4. The van der Waals surface area contributed by atoms with Gasteiger partial charge < -0.3 is 13.6 Å². The third-order valence-electron chi connectivity index (χ3n) is 9.31. The van der Waals surface area contributed by atoms with Gasteiger partial charge in [0.1, 0.15) is 11.2 Å². The van der Waals surface area contributed by atoms with Crippen LogP contribution in [0.3, 0.4) is 0 Å². The van der Waals surface area contributed by atoms with Crippen LogP contribution in [0.25, 0.3) is 88.1 Å². The molecule has 210 valence electrons. The van der Waals surface area contributed by atoms with Crippen LogP contribution in [0.2, 0.25) is 0 Å². The summed E-state index contributed by atoms with van der Waals surface area (Å²) in [5.41, 5.74) is 11.1. The topological polar surface area (TPSA) is 23.0 Å². The van der Waals surface area contributed by atoms with Gasteiger partial charge in [0.25, 0.3) is 0 Å². The van der Waals surface area contributed by atoms with Gasteiger partial charge >= 0.3 is 0 Å². The molecule has 45 heavy (non-hydrogen) atoms. The number of rotatable bonds is 3. The second-order valence-electron chi connectivity index (χ2n) is 11.8. The highest BCUT2D eigenvalue weighted by Crippen LogP contribution is 2.42. The Morgan fingerprint density at radius 2 is 0.978 bits per heavy atom. The van der Waals surface area contributed by atoms with Gasteiger partial charge in [-0.25, -0.2) is 0 Å². The molecule has 10 aromatic rings. The molecule has 0 fully saturated rings. The highest BCUT2D eigenvalue weighted by atomic mass is 16.3. The van der Waals surface area contributed by atoms with E-state index >= 15 is 0 Å². The molecule has 3 heteroatoms. The van der Waals surface area contributed by atoms with Gasteiger partial charge in [-0.1, -0.05) is 97.1 Å². The summed E-state index contributed by atoms with van der Waals surface area (Å²) in [6, 6.07) is 56.5. The van der Waals surface area contributed by atoms with Gasteiger partial charge in [-0.3, -0.25) is 0 Å². The van der Waals surface area contributed by atoms with E-state index in [2.05, 4.69) is 161 Å². The molecule has 0 radical (unpaired) electrons. The van der Waals surface area contributed by atoms with Crippen molar-refractivity contribution in [3.8, 4) is 22.5 Å². The maximum Gasteiger partial charge on any atom is 0.145 e. The lowest BCUT2D eigenvalue weighted by molar-refractivity contribution is 0.673. The summed E-state index contributed by atoms with van der Waals surface area (Å²) in [6.07, 6.45) is 0. The molecule has 0 aliphatic heterocycles. The summed E-state index contributed by atoms with van der Waals surface area (Å²) in [5.74, 6) is 0. The summed E-state index contributed by atoms with van der Waals surface area (Å²) in [4.78, 5) is 0. The molecule has 0 spiro atoms. The monoisotopic (exact) mass is 574 g/mol. The fraction of sp³-hybridized carbons (Fsp3) is 0. The fourth-order valence-corrected chi connectivity index (χ4v) is 7.34. The minimum absolute atomic E-state index is 0.911. The van der Waals surface area contributed by atoms with Crippen LogP contribution in [-0.4, -0.2) is 9.13 Å². The third-order valence-corrected chi connectivity index (χ3v) is 9.31. The first kappa shape index (κ1) is 24.4. The lowest BCUT2D eigenvalue weighted by atomic mass is 10.1. The van der Waals surface area contributed by atoms with Gasteiger partial charge in [-0.2, -0.15) is 0 Å². The number of hydrogen-bond donors (Lipinski definition) is 0. The highest BCUT2D eigenvalue weighted by molar-refractivity contribution is 6.24. The van der Waals surface area contributed by atoms with E-state index in [0.717, 1.165) is 49.7 Å². The zero-order valence-corrected chi connectivity index (χ0v) is 24.3. The largest absolute Gasteiger partial charge is 0.455 e. The van der Waals surface area contributed by atoms with Gasteiger partial charge in [0.05, 0.1) is 27.5 Å². The minimum atomic E-state index is 0.911. The fourth-order valence-electron chi connectivity index (χ4n) is 7.34.